The summed E-state index contributed by atoms with van der Waals surface area (Å²) in [5, 5.41) is 14.8. The summed E-state index contributed by atoms with van der Waals surface area (Å²) in [7, 11) is 1.44. The molecule has 2 N–H and O–H groups in total. The van der Waals surface area contributed by atoms with E-state index in [4.69, 9.17) is 10.00 Å². The summed E-state index contributed by atoms with van der Waals surface area (Å²) in [6.07, 6.45) is 0. The van der Waals surface area contributed by atoms with Crippen molar-refractivity contribution in [3.05, 3.63) is 29.6 Å². The summed E-state index contributed by atoms with van der Waals surface area (Å²) in [5.41, 5.74) is 0.550. The molecule has 2 aromatic rings. The third-order valence-electron chi connectivity index (χ3n) is 2.48. The van der Waals surface area contributed by atoms with Gasteiger partial charge in [0.05, 0.1) is 18.4 Å². The number of methoxy groups -OCH3 is 1. The molecule has 21 heavy (non-hydrogen) atoms. The molecule has 0 fully saturated rings. The van der Waals surface area contributed by atoms with Gasteiger partial charge in [-0.15, -0.1) is 0 Å². The number of nitriles is 1. The fourth-order valence-electron chi connectivity index (χ4n) is 1.58. The van der Waals surface area contributed by atoms with Crippen LogP contribution in [0, 0.1) is 17.1 Å². The van der Waals surface area contributed by atoms with Gasteiger partial charge >= 0.3 is 6.01 Å². The molecule has 0 aliphatic carbocycles. The number of halogens is 1. The van der Waals surface area contributed by atoms with Gasteiger partial charge in [-0.05, 0) is 25.1 Å². The van der Waals surface area contributed by atoms with Crippen LogP contribution in [0.2, 0.25) is 0 Å². The number of aromatic nitrogens is 3. The largest absolute Gasteiger partial charge is 0.467 e. The van der Waals surface area contributed by atoms with E-state index < -0.39 is 5.82 Å². The molecule has 2 rings (SSSR count). The number of rotatable bonds is 5. The highest BCUT2D eigenvalue weighted by Gasteiger charge is 2.09. The molecule has 1 aromatic carbocycles. The van der Waals surface area contributed by atoms with Crippen LogP contribution >= 0.6 is 0 Å². The van der Waals surface area contributed by atoms with Crippen molar-refractivity contribution in [2.45, 2.75) is 6.92 Å². The first-order valence-corrected chi connectivity index (χ1v) is 6.17. The number of anilines is 3. The molecule has 0 bridgehead atoms. The van der Waals surface area contributed by atoms with Crippen molar-refractivity contribution < 1.29 is 9.13 Å². The van der Waals surface area contributed by atoms with E-state index in [-0.39, 0.29) is 17.5 Å². The predicted molar refractivity (Wildman–Crippen MR) is 74.9 cm³/mol. The molecule has 0 atom stereocenters. The van der Waals surface area contributed by atoms with Gasteiger partial charge in [0.2, 0.25) is 11.9 Å². The molecule has 0 radical (unpaired) electrons. The molecular formula is C13H13FN6O. The van der Waals surface area contributed by atoms with Gasteiger partial charge in [-0.3, -0.25) is 0 Å². The van der Waals surface area contributed by atoms with Gasteiger partial charge in [0.1, 0.15) is 11.9 Å². The highest BCUT2D eigenvalue weighted by molar-refractivity contribution is 5.63. The summed E-state index contributed by atoms with van der Waals surface area (Å²) in [6.45, 7) is 2.53. The Balaban J connectivity index is 2.35. The number of hydrogen-bond donors (Lipinski definition) is 2. The van der Waals surface area contributed by atoms with Gasteiger partial charge in [0.25, 0.3) is 0 Å². The molecule has 1 heterocycles. The van der Waals surface area contributed by atoms with Crippen molar-refractivity contribution in [2.24, 2.45) is 0 Å². The first kappa shape index (κ1) is 14.5. The maximum absolute atomic E-state index is 13.1. The van der Waals surface area contributed by atoms with Crippen molar-refractivity contribution >= 4 is 17.6 Å². The van der Waals surface area contributed by atoms with Gasteiger partial charge < -0.3 is 15.4 Å². The summed E-state index contributed by atoms with van der Waals surface area (Å²) >= 11 is 0. The van der Waals surface area contributed by atoms with Crippen molar-refractivity contribution in [1.82, 2.24) is 15.0 Å². The van der Waals surface area contributed by atoms with Crippen LogP contribution in [0.25, 0.3) is 0 Å². The lowest BCUT2D eigenvalue weighted by atomic mass is 10.2. The zero-order valence-corrected chi connectivity index (χ0v) is 11.5. The molecule has 0 unspecified atom stereocenters. The Hall–Kier alpha value is -2.95. The van der Waals surface area contributed by atoms with Crippen molar-refractivity contribution in [2.75, 3.05) is 24.3 Å². The molecule has 8 heteroatoms. The normalized spacial score (nSPS) is 9.81. The first-order valence-electron chi connectivity index (χ1n) is 6.17. The van der Waals surface area contributed by atoms with Crippen LogP contribution in [-0.4, -0.2) is 28.6 Å². The lowest BCUT2D eigenvalue weighted by molar-refractivity contribution is 0.379. The predicted octanol–water partition coefficient (Wildman–Crippen LogP) is 2.07. The van der Waals surface area contributed by atoms with Crippen molar-refractivity contribution in [1.29, 1.82) is 5.26 Å². The van der Waals surface area contributed by atoms with E-state index in [1.165, 1.54) is 19.2 Å². The standard InChI is InChI=1S/C13H13FN6O/c1-3-16-11-18-12(20-13(19-11)21-2)17-10-5-4-9(14)6-8(10)7-15/h4-6H,3H2,1-2H3,(H2,16,17,18,19,20). The zero-order chi connectivity index (χ0) is 15.2. The Morgan fingerprint density at radius 1 is 1.29 bits per heavy atom. The van der Waals surface area contributed by atoms with Gasteiger partial charge in [-0.1, -0.05) is 0 Å². The Bertz CT molecular complexity index is 685. The molecule has 0 amide bonds. The lowest BCUT2D eigenvalue weighted by Gasteiger charge is -2.09. The van der Waals surface area contributed by atoms with Crippen molar-refractivity contribution in [3.63, 3.8) is 0 Å². The molecule has 0 aliphatic heterocycles. The zero-order valence-electron chi connectivity index (χ0n) is 11.5. The minimum Gasteiger partial charge on any atom is -0.467 e. The smallest absolute Gasteiger partial charge is 0.322 e. The molecule has 0 saturated heterocycles. The fourth-order valence-corrected chi connectivity index (χ4v) is 1.58. The highest BCUT2D eigenvalue weighted by atomic mass is 19.1. The van der Waals surface area contributed by atoms with Crippen LogP contribution < -0.4 is 15.4 Å². The molecule has 108 valence electrons. The van der Waals surface area contributed by atoms with Gasteiger partial charge in [-0.2, -0.15) is 20.2 Å². The van der Waals surface area contributed by atoms with Gasteiger partial charge in [0.15, 0.2) is 0 Å². The van der Waals surface area contributed by atoms with Crippen LogP contribution in [0.1, 0.15) is 12.5 Å². The van der Waals surface area contributed by atoms with Crippen molar-refractivity contribution in [3.8, 4) is 12.1 Å². The summed E-state index contributed by atoms with van der Waals surface area (Å²) < 4.78 is 18.1. The average Bonchev–Trinajstić information content (AvgIpc) is 2.49. The average molecular weight is 288 g/mol. The quantitative estimate of drug-likeness (QED) is 0.869. The van der Waals surface area contributed by atoms with Crippen LogP contribution in [0.5, 0.6) is 6.01 Å². The first-order chi connectivity index (χ1) is 10.2. The highest BCUT2D eigenvalue weighted by Crippen LogP contribution is 2.21. The fraction of sp³-hybridized carbons (Fsp3) is 0.231. The lowest BCUT2D eigenvalue weighted by Crippen LogP contribution is -2.08. The van der Waals surface area contributed by atoms with E-state index in [1.54, 1.807) is 0 Å². The Kier molecular flexibility index (Phi) is 4.46. The number of benzene rings is 1. The number of hydrogen-bond acceptors (Lipinski definition) is 7. The molecule has 0 spiro atoms. The van der Waals surface area contributed by atoms with E-state index in [0.717, 1.165) is 6.07 Å². The summed E-state index contributed by atoms with van der Waals surface area (Å²) in [5.74, 6) is 0.0482. The molecule has 7 nitrogen and oxygen atoms in total. The molecule has 1 aromatic heterocycles. The number of ether oxygens (including phenoxy) is 1. The Morgan fingerprint density at radius 2 is 2.05 bits per heavy atom. The maximum atomic E-state index is 13.1. The molecular weight excluding hydrogens is 275 g/mol. The van der Waals surface area contributed by atoms with Crippen LogP contribution in [0.15, 0.2) is 18.2 Å². The summed E-state index contributed by atoms with van der Waals surface area (Å²) in [6, 6.07) is 5.85. The van der Waals surface area contributed by atoms with Crippen LogP contribution in [0.3, 0.4) is 0 Å². The minimum atomic E-state index is -0.487. The van der Waals surface area contributed by atoms with E-state index >= 15 is 0 Å². The van der Waals surface area contributed by atoms with Crippen LogP contribution in [0.4, 0.5) is 22.0 Å². The number of nitrogens with one attached hydrogen (secondary N) is 2. The van der Waals surface area contributed by atoms with E-state index in [1.807, 2.05) is 13.0 Å². The van der Waals surface area contributed by atoms with Gasteiger partial charge in [-0.25, -0.2) is 4.39 Å². The minimum absolute atomic E-state index is 0.129. The second-order valence-corrected chi connectivity index (χ2v) is 3.93. The summed E-state index contributed by atoms with van der Waals surface area (Å²) in [4.78, 5) is 12.2. The molecule has 0 saturated carbocycles. The second-order valence-electron chi connectivity index (χ2n) is 3.93. The number of nitrogens with zero attached hydrogens (tertiary/aromatic N) is 4. The van der Waals surface area contributed by atoms with E-state index in [2.05, 4.69) is 25.6 Å². The van der Waals surface area contributed by atoms with E-state index in [0.29, 0.717) is 18.2 Å². The van der Waals surface area contributed by atoms with E-state index in [9.17, 15) is 4.39 Å². The van der Waals surface area contributed by atoms with Gasteiger partial charge in [0, 0.05) is 6.54 Å². The third-order valence-corrected chi connectivity index (χ3v) is 2.48. The maximum Gasteiger partial charge on any atom is 0.322 e. The SMILES string of the molecule is CCNc1nc(Nc2ccc(F)cc2C#N)nc(OC)n1. The second kappa shape index (κ2) is 6.47. The third kappa shape index (κ3) is 3.54. The topological polar surface area (TPSA) is 95.8 Å². The molecule has 0 aliphatic rings. The monoisotopic (exact) mass is 288 g/mol. The Morgan fingerprint density at radius 3 is 2.71 bits per heavy atom. The van der Waals surface area contributed by atoms with Crippen LogP contribution in [-0.2, 0) is 0 Å². The Labute approximate surface area is 120 Å².